The molecule has 0 saturated carbocycles. The van der Waals surface area contributed by atoms with Gasteiger partial charge in [0.05, 0.1) is 36.3 Å². The summed E-state index contributed by atoms with van der Waals surface area (Å²) in [5.41, 5.74) is 2.62. The third-order valence-electron chi connectivity index (χ3n) is 4.74. The molecular formula is C20H16F2N6O2. The van der Waals surface area contributed by atoms with E-state index in [0.717, 1.165) is 6.07 Å². The van der Waals surface area contributed by atoms with Gasteiger partial charge < -0.3 is 13.9 Å². The third kappa shape index (κ3) is 3.15. The number of hydrazone groups is 1. The molecule has 1 aliphatic rings. The number of rotatable bonds is 4. The molecule has 0 spiro atoms. The third-order valence-corrected chi connectivity index (χ3v) is 4.74. The summed E-state index contributed by atoms with van der Waals surface area (Å²) in [4.78, 5) is 11.7. The number of aromatic amines is 1. The van der Waals surface area contributed by atoms with Gasteiger partial charge in [-0.3, -0.25) is 5.01 Å². The van der Waals surface area contributed by atoms with Crippen LogP contribution in [0.5, 0.6) is 0 Å². The normalized spacial score (nSPS) is 13.1. The molecule has 0 atom stereocenters. The van der Waals surface area contributed by atoms with E-state index in [1.807, 2.05) is 6.92 Å². The molecule has 5 rings (SSSR count). The van der Waals surface area contributed by atoms with Crippen LogP contribution in [0.25, 0.3) is 22.8 Å². The fourth-order valence-corrected chi connectivity index (χ4v) is 3.36. The molecule has 1 N–H and O–H groups in total. The largest absolute Gasteiger partial charge is 0.446 e. The fraction of sp³-hybridized carbons (Fsp3) is 0.200. The summed E-state index contributed by atoms with van der Waals surface area (Å²) in [6, 6.07) is 5.77. The molecule has 0 aliphatic carbocycles. The number of aryl methyl sites for hydroxylation is 2. The zero-order valence-corrected chi connectivity index (χ0v) is 16.1. The van der Waals surface area contributed by atoms with Gasteiger partial charge in [0.15, 0.2) is 23.3 Å². The number of benzene rings is 1. The average molecular weight is 410 g/mol. The van der Waals surface area contributed by atoms with Crippen molar-refractivity contribution in [3.8, 4) is 22.8 Å². The first-order valence-corrected chi connectivity index (χ1v) is 9.20. The van der Waals surface area contributed by atoms with E-state index in [1.165, 1.54) is 12.1 Å². The molecule has 1 aliphatic heterocycles. The van der Waals surface area contributed by atoms with Crippen molar-refractivity contribution in [2.75, 3.05) is 0 Å². The van der Waals surface area contributed by atoms with Crippen molar-refractivity contribution in [2.45, 2.75) is 26.9 Å². The van der Waals surface area contributed by atoms with Crippen LogP contribution in [0.2, 0.25) is 0 Å². The van der Waals surface area contributed by atoms with Gasteiger partial charge in [-0.2, -0.15) is 5.10 Å². The highest BCUT2D eigenvalue weighted by Gasteiger charge is 2.22. The lowest BCUT2D eigenvalue weighted by molar-refractivity contribution is 0.229. The molecule has 4 aromatic rings. The van der Waals surface area contributed by atoms with Crippen molar-refractivity contribution in [2.24, 2.45) is 5.10 Å². The summed E-state index contributed by atoms with van der Waals surface area (Å²) in [7, 11) is 0. The SMILES string of the molecule is Cc1nc(-c2cc(CN3Cc4nc(-c5cccc(F)c5F)[nH]c4C=N3)on2)c(C)o1. The summed E-state index contributed by atoms with van der Waals surface area (Å²) >= 11 is 0. The minimum atomic E-state index is -0.940. The Hall–Kier alpha value is -3.82. The highest BCUT2D eigenvalue weighted by atomic mass is 19.2. The maximum atomic E-state index is 14.1. The number of aromatic nitrogens is 4. The van der Waals surface area contributed by atoms with E-state index < -0.39 is 11.6 Å². The number of nitrogens with zero attached hydrogens (tertiary/aromatic N) is 5. The van der Waals surface area contributed by atoms with E-state index in [2.05, 4.69) is 25.2 Å². The first-order chi connectivity index (χ1) is 14.5. The van der Waals surface area contributed by atoms with E-state index in [1.54, 1.807) is 24.2 Å². The molecule has 0 unspecified atom stereocenters. The molecule has 8 nitrogen and oxygen atoms in total. The fourth-order valence-electron chi connectivity index (χ4n) is 3.36. The monoisotopic (exact) mass is 410 g/mol. The summed E-state index contributed by atoms with van der Waals surface area (Å²) in [6.07, 6.45) is 1.59. The quantitative estimate of drug-likeness (QED) is 0.547. The highest BCUT2D eigenvalue weighted by Crippen LogP contribution is 2.26. The molecule has 3 aromatic heterocycles. The van der Waals surface area contributed by atoms with Crippen LogP contribution in [0.3, 0.4) is 0 Å². The van der Waals surface area contributed by atoms with E-state index >= 15 is 0 Å². The van der Waals surface area contributed by atoms with Crippen LogP contribution >= 0.6 is 0 Å². The van der Waals surface area contributed by atoms with E-state index in [9.17, 15) is 8.78 Å². The Bertz CT molecular complexity index is 1270. The average Bonchev–Trinajstić information content (AvgIpc) is 3.42. The number of H-pyrrole nitrogens is 1. The first kappa shape index (κ1) is 18.2. The molecule has 0 radical (unpaired) electrons. The number of nitrogens with one attached hydrogen (secondary N) is 1. The van der Waals surface area contributed by atoms with Gasteiger partial charge >= 0.3 is 0 Å². The van der Waals surface area contributed by atoms with Gasteiger partial charge in [0.1, 0.15) is 23.0 Å². The molecule has 152 valence electrons. The van der Waals surface area contributed by atoms with Crippen molar-refractivity contribution < 1.29 is 17.7 Å². The second kappa shape index (κ2) is 6.90. The van der Waals surface area contributed by atoms with Crippen LogP contribution in [-0.4, -0.2) is 31.3 Å². The molecular weight excluding hydrogens is 394 g/mol. The van der Waals surface area contributed by atoms with Crippen molar-refractivity contribution in [1.82, 2.24) is 25.1 Å². The van der Waals surface area contributed by atoms with Crippen LogP contribution in [0.15, 0.2) is 38.3 Å². The predicted octanol–water partition coefficient (Wildman–Crippen LogP) is 3.96. The Balaban J connectivity index is 1.34. The summed E-state index contributed by atoms with van der Waals surface area (Å²) in [6.45, 7) is 4.31. The van der Waals surface area contributed by atoms with Crippen LogP contribution in [-0.2, 0) is 13.1 Å². The molecule has 0 saturated heterocycles. The Morgan fingerprint density at radius 3 is 2.87 bits per heavy atom. The molecule has 0 fully saturated rings. The van der Waals surface area contributed by atoms with Gasteiger partial charge in [0.25, 0.3) is 0 Å². The van der Waals surface area contributed by atoms with Crippen LogP contribution in [0.1, 0.15) is 28.8 Å². The zero-order chi connectivity index (χ0) is 20.8. The van der Waals surface area contributed by atoms with Crippen LogP contribution in [0.4, 0.5) is 8.78 Å². The summed E-state index contributed by atoms with van der Waals surface area (Å²) < 4.78 is 38.4. The van der Waals surface area contributed by atoms with Gasteiger partial charge in [-0.15, -0.1) is 0 Å². The van der Waals surface area contributed by atoms with E-state index in [4.69, 9.17) is 8.94 Å². The van der Waals surface area contributed by atoms with Crippen LogP contribution in [0, 0.1) is 25.5 Å². The maximum absolute atomic E-state index is 14.1. The van der Waals surface area contributed by atoms with Gasteiger partial charge in [0, 0.05) is 13.0 Å². The lowest BCUT2D eigenvalue weighted by atomic mass is 10.2. The molecule has 30 heavy (non-hydrogen) atoms. The lowest BCUT2D eigenvalue weighted by Crippen LogP contribution is -2.21. The number of imidazole rings is 1. The number of hydrogen-bond acceptors (Lipinski definition) is 7. The lowest BCUT2D eigenvalue weighted by Gasteiger charge is -2.19. The van der Waals surface area contributed by atoms with Crippen molar-refractivity contribution in [3.05, 3.63) is 64.7 Å². The number of fused-ring (bicyclic) bond motifs is 1. The Kier molecular flexibility index (Phi) is 4.19. The Labute approximate surface area is 169 Å². The standard InChI is InChI=1S/C20H16F2N6O2/c1-10-19(24-11(2)29-10)15-6-12(30-27-15)8-28-9-17-16(7-23-28)25-20(26-17)13-4-3-5-14(21)18(13)22/h3-7H,8-9H2,1-2H3,(H,25,26). The molecule has 4 heterocycles. The Morgan fingerprint density at radius 2 is 2.07 bits per heavy atom. The minimum absolute atomic E-state index is 0.0718. The molecule has 0 amide bonds. The predicted molar refractivity (Wildman–Crippen MR) is 102 cm³/mol. The number of hydrogen-bond donors (Lipinski definition) is 1. The van der Waals surface area contributed by atoms with Crippen molar-refractivity contribution in [3.63, 3.8) is 0 Å². The molecule has 1 aromatic carbocycles. The van der Waals surface area contributed by atoms with Gasteiger partial charge in [-0.1, -0.05) is 11.2 Å². The minimum Gasteiger partial charge on any atom is -0.446 e. The smallest absolute Gasteiger partial charge is 0.191 e. The maximum Gasteiger partial charge on any atom is 0.191 e. The zero-order valence-electron chi connectivity index (χ0n) is 16.1. The Morgan fingerprint density at radius 1 is 1.20 bits per heavy atom. The first-order valence-electron chi connectivity index (χ1n) is 9.20. The number of halogens is 2. The highest BCUT2D eigenvalue weighted by molar-refractivity contribution is 5.80. The van der Waals surface area contributed by atoms with Crippen LogP contribution < -0.4 is 0 Å². The topological polar surface area (TPSA) is 96.3 Å². The van der Waals surface area contributed by atoms with Gasteiger partial charge in [-0.25, -0.2) is 18.7 Å². The van der Waals surface area contributed by atoms with Gasteiger partial charge in [-0.05, 0) is 19.1 Å². The van der Waals surface area contributed by atoms with Crippen molar-refractivity contribution in [1.29, 1.82) is 0 Å². The van der Waals surface area contributed by atoms with E-state index in [0.29, 0.717) is 53.3 Å². The second-order valence-corrected chi connectivity index (χ2v) is 6.93. The number of oxazole rings is 1. The molecule has 10 heteroatoms. The summed E-state index contributed by atoms with van der Waals surface area (Å²) in [5.74, 6) is 0.216. The van der Waals surface area contributed by atoms with Gasteiger partial charge in [0.2, 0.25) is 0 Å². The van der Waals surface area contributed by atoms with Crippen molar-refractivity contribution >= 4 is 6.21 Å². The second-order valence-electron chi connectivity index (χ2n) is 6.93. The van der Waals surface area contributed by atoms with E-state index in [-0.39, 0.29) is 11.4 Å². The molecule has 0 bridgehead atoms. The summed E-state index contributed by atoms with van der Waals surface area (Å²) in [5, 5.41) is 10.2.